The number of hydrogen-bond acceptors (Lipinski definition) is 4. The molecule has 0 saturated heterocycles. The molecule has 0 aromatic heterocycles. The van der Waals surface area contributed by atoms with Gasteiger partial charge in [0.15, 0.2) is 0 Å². The van der Waals surface area contributed by atoms with Gasteiger partial charge in [-0.3, -0.25) is 4.79 Å². The first-order valence-electron chi connectivity index (χ1n) is 9.06. The lowest BCUT2D eigenvalue weighted by molar-refractivity contribution is 0.0946. The molecule has 2 rings (SSSR count). The van der Waals surface area contributed by atoms with Crippen molar-refractivity contribution in [3.8, 4) is 5.75 Å². The number of rotatable bonds is 7. The molecule has 28 heavy (non-hydrogen) atoms. The topological polar surface area (TPSA) is 75.7 Å². The number of nitrogens with zero attached hydrogens (tertiary/aromatic N) is 1. The van der Waals surface area contributed by atoms with Crippen molar-refractivity contribution in [1.29, 1.82) is 0 Å². The van der Waals surface area contributed by atoms with Crippen molar-refractivity contribution in [2.75, 3.05) is 27.2 Å². The molecule has 1 N–H and O–H groups in total. The number of sulfonamides is 1. The first kappa shape index (κ1) is 21.9. The highest BCUT2D eigenvalue weighted by atomic mass is 32.2. The predicted molar refractivity (Wildman–Crippen MR) is 110 cm³/mol. The third-order valence-electron chi connectivity index (χ3n) is 4.22. The Balaban J connectivity index is 1.98. The van der Waals surface area contributed by atoms with Crippen LogP contribution in [0.15, 0.2) is 53.4 Å². The van der Waals surface area contributed by atoms with Crippen LogP contribution in [0.2, 0.25) is 0 Å². The Morgan fingerprint density at radius 2 is 1.75 bits per heavy atom. The van der Waals surface area contributed by atoms with Gasteiger partial charge in [0, 0.05) is 19.7 Å². The number of benzene rings is 2. The van der Waals surface area contributed by atoms with Crippen molar-refractivity contribution in [3.05, 3.63) is 59.7 Å². The number of para-hydroxylation sites is 1. The van der Waals surface area contributed by atoms with Crippen LogP contribution in [0.3, 0.4) is 0 Å². The van der Waals surface area contributed by atoms with E-state index in [1.807, 2.05) is 24.3 Å². The van der Waals surface area contributed by atoms with Gasteiger partial charge in [-0.1, -0.05) is 45.0 Å². The van der Waals surface area contributed by atoms with Crippen LogP contribution < -0.4 is 10.1 Å². The highest BCUT2D eigenvalue weighted by Gasteiger charge is 2.19. The van der Waals surface area contributed by atoms with Gasteiger partial charge < -0.3 is 10.1 Å². The van der Waals surface area contributed by atoms with E-state index in [2.05, 4.69) is 26.1 Å². The van der Waals surface area contributed by atoms with Crippen LogP contribution in [0.5, 0.6) is 5.75 Å². The maximum absolute atomic E-state index is 12.4. The van der Waals surface area contributed by atoms with Gasteiger partial charge in [0.2, 0.25) is 10.0 Å². The molecule has 0 fully saturated rings. The largest absolute Gasteiger partial charge is 0.491 e. The highest BCUT2D eigenvalue weighted by molar-refractivity contribution is 7.89. The third kappa shape index (κ3) is 5.33. The maximum Gasteiger partial charge on any atom is 0.251 e. The predicted octanol–water partition coefficient (Wildman–Crippen LogP) is 3.04. The second-order valence-corrected chi connectivity index (χ2v) is 9.82. The molecule has 0 heterocycles. The molecule has 0 aliphatic heterocycles. The number of carbonyl (C=O) groups excluding carboxylic acids is 1. The molecular weight excluding hydrogens is 376 g/mol. The number of amides is 1. The third-order valence-corrected chi connectivity index (χ3v) is 6.03. The normalized spacial score (nSPS) is 12.1. The highest BCUT2D eigenvalue weighted by Crippen LogP contribution is 2.30. The molecule has 0 spiro atoms. The summed E-state index contributed by atoms with van der Waals surface area (Å²) >= 11 is 0. The number of nitrogens with one attached hydrogen (secondary N) is 1. The van der Waals surface area contributed by atoms with Crippen molar-refractivity contribution in [2.24, 2.45) is 0 Å². The zero-order valence-electron chi connectivity index (χ0n) is 17.0. The van der Waals surface area contributed by atoms with Crippen LogP contribution in [0.1, 0.15) is 36.7 Å². The maximum atomic E-state index is 12.4. The second kappa shape index (κ2) is 8.75. The van der Waals surface area contributed by atoms with E-state index in [0.717, 1.165) is 15.6 Å². The average Bonchev–Trinajstić information content (AvgIpc) is 2.64. The fourth-order valence-corrected chi connectivity index (χ4v) is 3.60. The quantitative estimate of drug-likeness (QED) is 0.720. The van der Waals surface area contributed by atoms with Crippen molar-refractivity contribution in [2.45, 2.75) is 31.1 Å². The molecule has 7 heteroatoms. The fourth-order valence-electron chi connectivity index (χ4n) is 2.65. The van der Waals surface area contributed by atoms with Gasteiger partial charge in [-0.2, -0.15) is 0 Å². The molecule has 0 unspecified atom stereocenters. The van der Waals surface area contributed by atoms with Gasteiger partial charge in [0.25, 0.3) is 5.91 Å². The molecule has 152 valence electrons. The standard InChI is InChI=1S/C21H28N2O4S/c1-21(2,3)18-11-6-7-12-19(18)27-14-13-22-20(24)16-9-8-10-17(15-16)28(25,26)23(4)5/h6-12,15H,13-14H2,1-5H3,(H,22,24). The Morgan fingerprint density at radius 3 is 2.39 bits per heavy atom. The van der Waals surface area contributed by atoms with Gasteiger partial charge in [0.1, 0.15) is 12.4 Å². The van der Waals surface area contributed by atoms with E-state index in [1.54, 1.807) is 12.1 Å². The van der Waals surface area contributed by atoms with Crippen LogP contribution in [0, 0.1) is 0 Å². The zero-order chi connectivity index (χ0) is 20.9. The van der Waals surface area contributed by atoms with E-state index in [9.17, 15) is 13.2 Å². The summed E-state index contributed by atoms with van der Waals surface area (Å²) < 4.78 is 31.4. The van der Waals surface area contributed by atoms with E-state index >= 15 is 0 Å². The summed E-state index contributed by atoms with van der Waals surface area (Å²) in [6.07, 6.45) is 0. The Kier molecular flexibility index (Phi) is 6.85. The number of ether oxygens (including phenoxy) is 1. The van der Waals surface area contributed by atoms with E-state index in [-0.39, 0.29) is 21.8 Å². The summed E-state index contributed by atoms with van der Waals surface area (Å²) in [4.78, 5) is 12.4. The van der Waals surface area contributed by atoms with E-state index in [1.165, 1.54) is 26.2 Å². The van der Waals surface area contributed by atoms with Gasteiger partial charge >= 0.3 is 0 Å². The SMILES string of the molecule is CN(C)S(=O)(=O)c1cccc(C(=O)NCCOc2ccccc2C(C)(C)C)c1. The van der Waals surface area contributed by atoms with E-state index in [4.69, 9.17) is 4.74 Å². The van der Waals surface area contributed by atoms with Crippen LogP contribution in [0.4, 0.5) is 0 Å². The van der Waals surface area contributed by atoms with E-state index < -0.39 is 10.0 Å². The molecular formula is C21H28N2O4S. The minimum Gasteiger partial charge on any atom is -0.491 e. The fraction of sp³-hybridized carbons (Fsp3) is 0.381. The van der Waals surface area contributed by atoms with Gasteiger partial charge in [0.05, 0.1) is 11.4 Å². The Bertz CT molecular complexity index is 931. The first-order chi connectivity index (χ1) is 13.0. The lowest BCUT2D eigenvalue weighted by Crippen LogP contribution is -2.29. The summed E-state index contributed by atoms with van der Waals surface area (Å²) in [5.41, 5.74) is 1.35. The van der Waals surface area contributed by atoms with E-state index in [0.29, 0.717) is 13.2 Å². The summed E-state index contributed by atoms with van der Waals surface area (Å²) in [6, 6.07) is 13.8. The Labute approximate surface area is 167 Å². The summed E-state index contributed by atoms with van der Waals surface area (Å²) in [5, 5.41) is 2.76. The molecule has 6 nitrogen and oxygen atoms in total. The van der Waals surface area contributed by atoms with Crippen molar-refractivity contribution in [3.63, 3.8) is 0 Å². The molecule has 0 aliphatic rings. The molecule has 0 bridgehead atoms. The minimum absolute atomic E-state index is 0.0434. The van der Waals surface area contributed by atoms with Crippen LogP contribution in [0.25, 0.3) is 0 Å². The molecule has 0 atom stereocenters. The molecule has 0 aliphatic carbocycles. The second-order valence-electron chi connectivity index (χ2n) is 7.67. The number of carbonyl (C=O) groups is 1. The number of hydrogen-bond donors (Lipinski definition) is 1. The van der Waals surface area contributed by atoms with Gasteiger partial charge in [-0.05, 0) is 35.2 Å². The van der Waals surface area contributed by atoms with Crippen molar-refractivity contribution < 1.29 is 17.9 Å². The summed E-state index contributed by atoms with van der Waals surface area (Å²) in [7, 11) is -0.678. The molecule has 0 saturated carbocycles. The average molecular weight is 405 g/mol. The lowest BCUT2D eigenvalue weighted by Gasteiger charge is -2.22. The molecule has 1 amide bonds. The van der Waals surface area contributed by atoms with Crippen molar-refractivity contribution in [1.82, 2.24) is 9.62 Å². The van der Waals surface area contributed by atoms with Gasteiger partial charge in [-0.25, -0.2) is 12.7 Å². The van der Waals surface area contributed by atoms with Crippen LogP contribution >= 0.6 is 0 Å². The summed E-state index contributed by atoms with van der Waals surface area (Å²) in [6.45, 7) is 6.97. The Morgan fingerprint density at radius 1 is 1.07 bits per heavy atom. The van der Waals surface area contributed by atoms with Crippen LogP contribution in [-0.4, -0.2) is 45.9 Å². The minimum atomic E-state index is -3.58. The van der Waals surface area contributed by atoms with Crippen LogP contribution in [-0.2, 0) is 15.4 Å². The lowest BCUT2D eigenvalue weighted by atomic mass is 9.86. The van der Waals surface area contributed by atoms with Gasteiger partial charge in [-0.15, -0.1) is 0 Å². The summed E-state index contributed by atoms with van der Waals surface area (Å²) in [5.74, 6) is 0.451. The molecule has 2 aromatic rings. The monoisotopic (exact) mass is 404 g/mol. The first-order valence-corrected chi connectivity index (χ1v) is 10.5. The molecule has 2 aromatic carbocycles. The molecule has 0 radical (unpaired) electrons. The Hall–Kier alpha value is -2.38. The zero-order valence-corrected chi connectivity index (χ0v) is 17.8. The van der Waals surface area contributed by atoms with Crippen molar-refractivity contribution >= 4 is 15.9 Å². The smallest absolute Gasteiger partial charge is 0.251 e.